The molecule has 2 aromatic heterocycles. The van der Waals surface area contributed by atoms with Crippen molar-refractivity contribution in [3.05, 3.63) is 71.9 Å². The van der Waals surface area contributed by atoms with Gasteiger partial charge in [0.1, 0.15) is 12.1 Å². The first-order chi connectivity index (χ1) is 12.0. The molecule has 0 aliphatic heterocycles. The van der Waals surface area contributed by atoms with Gasteiger partial charge in [-0.2, -0.15) is 0 Å². The Kier molecular flexibility index (Phi) is 4.70. The Morgan fingerprint density at radius 3 is 2.60 bits per heavy atom. The number of aromatic nitrogens is 3. The predicted octanol–water partition coefficient (Wildman–Crippen LogP) is 3.18. The Bertz CT molecular complexity index is 894. The number of aromatic carboxylic acids is 1. The molecule has 0 saturated carbocycles. The van der Waals surface area contributed by atoms with Crippen LogP contribution in [0, 0.1) is 6.92 Å². The molecule has 0 atom stereocenters. The molecular weight excluding hydrogens is 316 g/mol. The molecule has 0 saturated heterocycles. The zero-order valence-electron chi connectivity index (χ0n) is 14.0. The van der Waals surface area contributed by atoms with Gasteiger partial charge in [-0.15, -0.1) is 0 Å². The van der Waals surface area contributed by atoms with Crippen molar-refractivity contribution in [2.75, 3.05) is 11.9 Å². The largest absolute Gasteiger partial charge is 0.478 e. The van der Waals surface area contributed by atoms with Gasteiger partial charge in [-0.1, -0.05) is 24.3 Å². The van der Waals surface area contributed by atoms with Crippen molar-refractivity contribution in [3.63, 3.8) is 0 Å². The number of benzene rings is 1. The van der Waals surface area contributed by atoms with E-state index in [2.05, 4.69) is 15.0 Å². The van der Waals surface area contributed by atoms with Gasteiger partial charge < -0.3 is 10.0 Å². The molecule has 0 amide bonds. The number of carbonyl (C=O) groups is 1. The van der Waals surface area contributed by atoms with Crippen LogP contribution in [0.1, 0.15) is 21.7 Å². The van der Waals surface area contributed by atoms with Gasteiger partial charge in [-0.05, 0) is 24.6 Å². The lowest BCUT2D eigenvalue weighted by Crippen LogP contribution is -2.18. The van der Waals surface area contributed by atoms with Crippen LogP contribution in [0.2, 0.25) is 0 Å². The molecule has 0 aliphatic rings. The summed E-state index contributed by atoms with van der Waals surface area (Å²) < 4.78 is 0. The van der Waals surface area contributed by atoms with Crippen LogP contribution in [-0.4, -0.2) is 33.1 Å². The van der Waals surface area contributed by atoms with E-state index in [9.17, 15) is 9.90 Å². The van der Waals surface area contributed by atoms with Crippen LogP contribution in [0.25, 0.3) is 11.1 Å². The number of rotatable bonds is 5. The van der Waals surface area contributed by atoms with Gasteiger partial charge in [0.2, 0.25) is 0 Å². The first-order valence-electron chi connectivity index (χ1n) is 7.82. The monoisotopic (exact) mass is 334 g/mol. The quantitative estimate of drug-likeness (QED) is 0.772. The first-order valence-corrected chi connectivity index (χ1v) is 7.82. The number of hydrogen-bond acceptors (Lipinski definition) is 5. The van der Waals surface area contributed by atoms with Gasteiger partial charge in [0.15, 0.2) is 0 Å². The van der Waals surface area contributed by atoms with E-state index in [1.807, 2.05) is 43.1 Å². The number of carboxylic acids is 1. The molecule has 0 fully saturated rings. The second-order valence-electron chi connectivity index (χ2n) is 5.76. The maximum absolute atomic E-state index is 11.4. The summed E-state index contributed by atoms with van der Waals surface area (Å²) >= 11 is 0. The molecule has 0 aliphatic carbocycles. The first kappa shape index (κ1) is 16.6. The van der Waals surface area contributed by atoms with Gasteiger partial charge in [0, 0.05) is 30.6 Å². The highest BCUT2D eigenvalue weighted by atomic mass is 16.4. The van der Waals surface area contributed by atoms with E-state index in [4.69, 9.17) is 0 Å². The van der Waals surface area contributed by atoms with Crippen LogP contribution in [0.3, 0.4) is 0 Å². The smallest absolute Gasteiger partial charge is 0.336 e. The summed E-state index contributed by atoms with van der Waals surface area (Å²) in [6, 6.07) is 12.6. The molecule has 6 nitrogen and oxygen atoms in total. The van der Waals surface area contributed by atoms with E-state index in [0.717, 1.165) is 22.8 Å². The highest BCUT2D eigenvalue weighted by Gasteiger charge is 2.11. The van der Waals surface area contributed by atoms with E-state index in [-0.39, 0.29) is 5.56 Å². The molecule has 25 heavy (non-hydrogen) atoms. The standard InChI is InChI=1S/C19H18N4O2/c1-13-9-18(22-12-21-13)23(2)11-15-8-7-14(10-20-15)16-5-3-4-6-17(16)19(24)25/h3-10,12H,11H2,1-2H3,(H,24,25). The Morgan fingerprint density at radius 1 is 1.12 bits per heavy atom. The third-order valence-corrected chi connectivity index (χ3v) is 3.87. The van der Waals surface area contributed by atoms with Crippen molar-refractivity contribution in [1.82, 2.24) is 15.0 Å². The molecule has 0 radical (unpaired) electrons. The number of pyridine rings is 1. The summed E-state index contributed by atoms with van der Waals surface area (Å²) in [6.07, 6.45) is 3.25. The van der Waals surface area contributed by atoms with Gasteiger partial charge in [-0.25, -0.2) is 14.8 Å². The Morgan fingerprint density at radius 2 is 1.92 bits per heavy atom. The summed E-state index contributed by atoms with van der Waals surface area (Å²) in [4.78, 5) is 26.2. The summed E-state index contributed by atoms with van der Waals surface area (Å²) in [5.74, 6) is -0.117. The molecular formula is C19H18N4O2. The third kappa shape index (κ3) is 3.80. The van der Waals surface area contributed by atoms with Gasteiger partial charge in [0.05, 0.1) is 17.8 Å². The zero-order chi connectivity index (χ0) is 17.8. The lowest BCUT2D eigenvalue weighted by molar-refractivity contribution is 0.0697. The van der Waals surface area contributed by atoms with Crippen LogP contribution < -0.4 is 4.90 Å². The highest BCUT2D eigenvalue weighted by molar-refractivity contribution is 5.95. The Balaban J connectivity index is 1.80. The van der Waals surface area contributed by atoms with E-state index >= 15 is 0 Å². The molecule has 0 unspecified atom stereocenters. The fourth-order valence-electron chi connectivity index (χ4n) is 2.57. The van der Waals surface area contributed by atoms with Crippen LogP contribution in [0.5, 0.6) is 0 Å². The number of hydrogen-bond donors (Lipinski definition) is 1. The lowest BCUT2D eigenvalue weighted by Gasteiger charge is -2.18. The minimum atomic E-state index is -0.946. The summed E-state index contributed by atoms with van der Waals surface area (Å²) in [7, 11) is 1.94. The Labute approximate surface area is 145 Å². The molecule has 1 N–H and O–H groups in total. The normalized spacial score (nSPS) is 10.5. The van der Waals surface area contributed by atoms with Crippen molar-refractivity contribution < 1.29 is 9.90 Å². The summed E-state index contributed by atoms with van der Waals surface area (Å²) in [5.41, 5.74) is 3.49. The van der Waals surface area contributed by atoms with Crippen LogP contribution >= 0.6 is 0 Å². The molecule has 3 rings (SSSR count). The zero-order valence-corrected chi connectivity index (χ0v) is 14.0. The minimum absolute atomic E-state index is 0.269. The van der Waals surface area contributed by atoms with E-state index in [1.165, 1.54) is 0 Å². The van der Waals surface area contributed by atoms with Crippen molar-refractivity contribution in [2.45, 2.75) is 13.5 Å². The van der Waals surface area contributed by atoms with Crippen LogP contribution in [0.4, 0.5) is 5.82 Å². The molecule has 6 heteroatoms. The van der Waals surface area contributed by atoms with Crippen molar-refractivity contribution >= 4 is 11.8 Å². The molecule has 3 aromatic rings. The molecule has 126 valence electrons. The Hall–Kier alpha value is -3.28. The van der Waals surface area contributed by atoms with E-state index < -0.39 is 5.97 Å². The fourth-order valence-corrected chi connectivity index (χ4v) is 2.57. The topological polar surface area (TPSA) is 79.2 Å². The van der Waals surface area contributed by atoms with E-state index in [1.54, 1.807) is 30.7 Å². The molecule has 1 aromatic carbocycles. The molecule has 2 heterocycles. The second-order valence-corrected chi connectivity index (χ2v) is 5.76. The minimum Gasteiger partial charge on any atom is -0.478 e. The maximum atomic E-state index is 11.4. The summed E-state index contributed by atoms with van der Waals surface area (Å²) in [5, 5.41) is 9.31. The SMILES string of the molecule is Cc1cc(N(C)Cc2ccc(-c3ccccc3C(=O)O)cn2)ncn1. The van der Waals surface area contributed by atoms with Gasteiger partial charge in [-0.3, -0.25) is 4.98 Å². The predicted molar refractivity (Wildman–Crippen MR) is 95.5 cm³/mol. The fraction of sp³-hybridized carbons (Fsp3) is 0.158. The van der Waals surface area contributed by atoms with Crippen LogP contribution in [0.15, 0.2) is 55.0 Å². The lowest BCUT2D eigenvalue weighted by atomic mass is 10.0. The number of aryl methyl sites for hydroxylation is 1. The van der Waals surface area contributed by atoms with Crippen LogP contribution in [-0.2, 0) is 6.54 Å². The van der Waals surface area contributed by atoms with Crippen molar-refractivity contribution in [3.8, 4) is 11.1 Å². The number of carboxylic acid groups (broad SMARTS) is 1. The second kappa shape index (κ2) is 7.09. The van der Waals surface area contributed by atoms with Crippen molar-refractivity contribution in [1.29, 1.82) is 0 Å². The average Bonchev–Trinajstić information content (AvgIpc) is 2.62. The average molecular weight is 334 g/mol. The number of nitrogens with zero attached hydrogens (tertiary/aromatic N) is 4. The maximum Gasteiger partial charge on any atom is 0.336 e. The van der Waals surface area contributed by atoms with E-state index in [0.29, 0.717) is 12.1 Å². The van der Waals surface area contributed by atoms with Gasteiger partial charge in [0.25, 0.3) is 0 Å². The van der Waals surface area contributed by atoms with Gasteiger partial charge >= 0.3 is 5.97 Å². The molecule has 0 bridgehead atoms. The molecule has 0 spiro atoms. The van der Waals surface area contributed by atoms with Crippen molar-refractivity contribution in [2.24, 2.45) is 0 Å². The summed E-state index contributed by atoms with van der Waals surface area (Å²) in [6.45, 7) is 2.52. The third-order valence-electron chi connectivity index (χ3n) is 3.87. The highest BCUT2D eigenvalue weighted by Crippen LogP contribution is 2.23. The number of anilines is 1.